The van der Waals surface area contributed by atoms with E-state index in [-0.39, 0.29) is 12.5 Å². The maximum Gasteiger partial charge on any atom is 0.255 e. The van der Waals surface area contributed by atoms with Crippen molar-refractivity contribution in [2.24, 2.45) is 5.92 Å². The first-order valence-electron chi connectivity index (χ1n) is 7.37. The molecule has 1 aliphatic carbocycles. The molecule has 1 fully saturated rings. The van der Waals surface area contributed by atoms with Gasteiger partial charge in [-0.2, -0.15) is 0 Å². The van der Waals surface area contributed by atoms with Crippen LogP contribution in [0.4, 0.5) is 5.69 Å². The predicted octanol–water partition coefficient (Wildman–Crippen LogP) is 1.95. The SMILES string of the molecule is COc1cc(N)ccc1C(=O)NCC1(O)CCCC(C)C1. The van der Waals surface area contributed by atoms with E-state index in [1.54, 1.807) is 18.2 Å². The van der Waals surface area contributed by atoms with Crippen LogP contribution < -0.4 is 15.8 Å². The number of anilines is 1. The summed E-state index contributed by atoms with van der Waals surface area (Å²) in [5.41, 5.74) is 5.86. The Morgan fingerprint density at radius 1 is 1.57 bits per heavy atom. The molecule has 0 aliphatic heterocycles. The van der Waals surface area contributed by atoms with Crippen molar-refractivity contribution in [3.05, 3.63) is 23.8 Å². The number of benzene rings is 1. The molecular formula is C16H24N2O3. The maximum atomic E-state index is 12.3. The molecule has 0 bridgehead atoms. The third-order valence-electron chi connectivity index (χ3n) is 4.12. The van der Waals surface area contributed by atoms with Crippen molar-refractivity contribution in [3.63, 3.8) is 0 Å². The summed E-state index contributed by atoms with van der Waals surface area (Å²) in [5.74, 6) is 0.682. The van der Waals surface area contributed by atoms with E-state index in [4.69, 9.17) is 10.5 Å². The van der Waals surface area contributed by atoms with Crippen molar-refractivity contribution in [1.29, 1.82) is 0 Å². The Bertz CT molecular complexity index is 518. The largest absolute Gasteiger partial charge is 0.496 e. The molecule has 1 amide bonds. The van der Waals surface area contributed by atoms with Crippen LogP contribution in [-0.2, 0) is 0 Å². The number of aliphatic hydroxyl groups is 1. The summed E-state index contributed by atoms with van der Waals surface area (Å²) in [6.07, 6.45) is 3.60. The van der Waals surface area contributed by atoms with Crippen molar-refractivity contribution in [2.45, 2.75) is 38.2 Å². The number of amides is 1. The normalized spacial score (nSPS) is 25.4. The first kappa shape index (κ1) is 15.6. The van der Waals surface area contributed by atoms with Crippen molar-refractivity contribution in [1.82, 2.24) is 5.32 Å². The molecule has 2 unspecified atom stereocenters. The van der Waals surface area contributed by atoms with Gasteiger partial charge in [-0.1, -0.05) is 19.8 Å². The molecule has 1 aromatic rings. The number of carbonyl (C=O) groups excluding carboxylic acids is 1. The van der Waals surface area contributed by atoms with Crippen molar-refractivity contribution in [2.75, 3.05) is 19.4 Å². The highest BCUT2D eigenvalue weighted by molar-refractivity contribution is 5.97. The Morgan fingerprint density at radius 2 is 2.33 bits per heavy atom. The number of nitrogens with one attached hydrogen (secondary N) is 1. The first-order valence-corrected chi connectivity index (χ1v) is 7.37. The molecule has 0 heterocycles. The Hall–Kier alpha value is -1.75. The van der Waals surface area contributed by atoms with E-state index < -0.39 is 5.60 Å². The summed E-state index contributed by atoms with van der Waals surface area (Å²) in [5, 5.41) is 13.4. The zero-order valence-corrected chi connectivity index (χ0v) is 12.7. The van der Waals surface area contributed by atoms with Crippen LogP contribution in [0.2, 0.25) is 0 Å². The monoisotopic (exact) mass is 292 g/mol. The molecule has 0 spiro atoms. The molecule has 0 saturated heterocycles. The van der Waals surface area contributed by atoms with Crippen molar-refractivity contribution in [3.8, 4) is 5.75 Å². The quantitative estimate of drug-likeness (QED) is 0.741. The first-order chi connectivity index (χ1) is 9.93. The fourth-order valence-corrected chi connectivity index (χ4v) is 3.03. The minimum atomic E-state index is -0.797. The highest BCUT2D eigenvalue weighted by atomic mass is 16.5. The average molecular weight is 292 g/mol. The van der Waals surface area contributed by atoms with E-state index in [9.17, 15) is 9.90 Å². The second kappa shape index (κ2) is 6.35. The Morgan fingerprint density at radius 3 is 3.00 bits per heavy atom. The zero-order chi connectivity index (χ0) is 15.5. The molecule has 4 N–H and O–H groups in total. The van der Waals surface area contributed by atoms with E-state index in [1.165, 1.54) is 7.11 Å². The summed E-state index contributed by atoms with van der Waals surface area (Å²) in [6.45, 7) is 2.40. The number of hydrogen-bond donors (Lipinski definition) is 3. The van der Waals surface area contributed by atoms with Gasteiger partial charge in [0.25, 0.3) is 5.91 Å². The number of hydrogen-bond acceptors (Lipinski definition) is 4. The van der Waals surface area contributed by atoms with Gasteiger partial charge in [-0.25, -0.2) is 0 Å². The second-order valence-corrected chi connectivity index (χ2v) is 6.07. The summed E-state index contributed by atoms with van der Waals surface area (Å²) in [4.78, 5) is 12.3. The number of carbonyl (C=O) groups is 1. The molecule has 116 valence electrons. The molecular weight excluding hydrogens is 268 g/mol. The maximum absolute atomic E-state index is 12.3. The third kappa shape index (κ3) is 3.88. The van der Waals surface area contributed by atoms with Crippen LogP contribution in [0.1, 0.15) is 43.0 Å². The second-order valence-electron chi connectivity index (χ2n) is 6.07. The summed E-state index contributed by atoms with van der Waals surface area (Å²) >= 11 is 0. The molecule has 5 heteroatoms. The number of rotatable bonds is 4. The molecule has 2 rings (SSSR count). The number of ether oxygens (including phenoxy) is 1. The Kier molecular flexibility index (Phi) is 4.73. The Balaban J connectivity index is 2.02. The molecule has 0 aromatic heterocycles. The van der Waals surface area contributed by atoms with Crippen LogP contribution in [0.25, 0.3) is 0 Å². The van der Waals surface area contributed by atoms with Gasteiger partial charge in [0.15, 0.2) is 0 Å². The van der Waals surface area contributed by atoms with E-state index in [0.29, 0.717) is 22.9 Å². The van der Waals surface area contributed by atoms with Crippen LogP contribution >= 0.6 is 0 Å². The lowest BCUT2D eigenvalue weighted by atomic mass is 9.79. The molecule has 1 aliphatic rings. The lowest BCUT2D eigenvalue weighted by molar-refractivity contribution is -0.0109. The van der Waals surface area contributed by atoms with Gasteiger partial charge in [-0.15, -0.1) is 0 Å². The van der Waals surface area contributed by atoms with E-state index in [0.717, 1.165) is 25.7 Å². The van der Waals surface area contributed by atoms with Crippen LogP contribution in [0.15, 0.2) is 18.2 Å². The topological polar surface area (TPSA) is 84.6 Å². The van der Waals surface area contributed by atoms with Gasteiger partial charge in [0.05, 0.1) is 18.3 Å². The van der Waals surface area contributed by atoms with E-state index in [1.807, 2.05) is 0 Å². The predicted molar refractivity (Wildman–Crippen MR) is 82.3 cm³/mol. The van der Waals surface area contributed by atoms with Crippen LogP contribution in [0.5, 0.6) is 5.75 Å². The van der Waals surface area contributed by atoms with Crippen LogP contribution in [-0.4, -0.2) is 30.3 Å². The Labute approximate surface area is 125 Å². The van der Waals surface area contributed by atoms with Gasteiger partial charge >= 0.3 is 0 Å². The zero-order valence-electron chi connectivity index (χ0n) is 12.7. The van der Waals surface area contributed by atoms with Crippen LogP contribution in [0, 0.1) is 5.92 Å². The van der Waals surface area contributed by atoms with Gasteiger partial charge in [-0.3, -0.25) is 4.79 Å². The van der Waals surface area contributed by atoms with Gasteiger partial charge < -0.3 is 20.9 Å². The van der Waals surface area contributed by atoms with E-state index in [2.05, 4.69) is 12.2 Å². The number of nitrogens with two attached hydrogens (primary N) is 1. The summed E-state index contributed by atoms with van der Waals surface area (Å²) < 4.78 is 5.18. The molecule has 0 radical (unpaired) electrons. The lowest BCUT2D eigenvalue weighted by Crippen LogP contribution is -2.45. The van der Waals surface area contributed by atoms with Gasteiger partial charge in [0, 0.05) is 18.3 Å². The third-order valence-corrected chi connectivity index (χ3v) is 4.12. The molecule has 21 heavy (non-hydrogen) atoms. The fourth-order valence-electron chi connectivity index (χ4n) is 3.03. The van der Waals surface area contributed by atoms with Crippen LogP contribution in [0.3, 0.4) is 0 Å². The lowest BCUT2D eigenvalue weighted by Gasteiger charge is -2.35. The van der Waals surface area contributed by atoms with Crippen molar-refractivity contribution >= 4 is 11.6 Å². The molecule has 1 saturated carbocycles. The number of nitrogen functional groups attached to an aromatic ring is 1. The minimum absolute atomic E-state index is 0.251. The van der Waals surface area contributed by atoms with Gasteiger partial charge in [-0.05, 0) is 30.9 Å². The molecule has 2 atom stereocenters. The molecule has 5 nitrogen and oxygen atoms in total. The fraction of sp³-hybridized carbons (Fsp3) is 0.562. The average Bonchev–Trinajstić information content (AvgIpc) is 2.44. The summed E-state index contributed by atoms with van der Waals surface area (Å²) in [6, 6.07) is 4.91. The van der Waals surface area contributed by atoms with E-state index >= 15 is 0 Å². The molecule has 1 aromatic carbocycles. The minimum Gasteiger partial charge on any atom is -0.496 e. The number of methoxy groups -OCH3 is 1. The van der Waals surface area contributed by atoms with Gasteiger partial charge in [0.1, 0.15) is 5.75 Å². The smallest absolute Gasteiger partial charge is 0.255 e. The standard InChI is InChI=1S/C16H24N2O3/c1-11-4-3-7-16(20,9-11)10-18-15(19)13-6-5-12(17)8-14(13)21-2/h5-6,8,11,20H,3-4,7,9-10,17H2,1-2H3,(H,18,19). The highest BCUT2D eigenvalue weighted by Crippen LogP contribution is 2.31. The van der Waals surface area contributed by atoms with Crippen molar-refractivity contribution < 1.29 is 14.6 Å². The summed E-state index contributed by atoms with van der Waals surface area (Å²) in [7, 11) is 1.50. The van der Waals surface area contributed by atoms with Gasteiger partial charge in [0.2, 0.25) is 0 Å². The highest BCUT2D eigenvalue weighted by Gasteiger charge is 2.33.